The van der Waals surface area contributed by atoms with E-state index in [1.54, 1.807) is 11.9 Å². The van der Waals surface area contributed by atoms with Crippen LogP contribution in [0.2, 0.25) is 0 Å². The van der Waals surface area contributed by atoms with Crippen molar-refractivity contribution in [1.29, 1.82) is 0 Å². The third-order valence-electron chi connectivity index (χ3n) is 4.22. The van der Waals surface area contributed by atoms with E-state index in [1.807, 2.05) is 44.2 Å². The summed E-state index contributed by atoms with van der Waals surface area (Å²) in [6.07, 6.45) is -0.240. The first-order valence-corrected chi connectivity index (χ1v) is 7.12. The number of fused-ring (bicyclic) bond motifs is 1. The van der Waals surface area contributed by atoms with Crippen molar-refractivity contribution in [2.75, 3.05) is 11.9 Å². The molecule has 1 amide bonds. The van der Waals surface area contributed by atoms with E-state index in [-0.39, 0.29) is 5.91 Å². The summed E-state index contributed by atoms with van der Waals surface area (Å²) in [5, 5.41) is 10.6. The molecule has 1 N–H and O–H groups in total. The van der Waals surface area contributed by atoms with Gasteiger partial charge in [0.1, 0.15) is 6.10 Å². The van der Waals surface area contributed by atoms with Crippen LogP contribution in [0.5, 0.6) is 0 Å². The van der Waals surface area contributed by atoms with Crippen molar-refractivity contribution in [1.82, 2.24) is 0 Å². The molecule has 1 unspecified atom stereocenters. The molecule has 2 aromatic carbocycles. The molecule has 1 heterocycles. The second kappa shape index (κ2) is 5.01. The predicted octanol–water partition coefficient (Wildman–Crippen LogP) is 2.90. The number of benzene rings is 2. The molecule has 3 nitrogen and oxygen atoms in total. The molecule has 1 atom stereocenters. The largest absolute Gasteiger partial charge is 0.384 e. The maximum atomic E-state index is 11.7. The van der Waals surface area contributed by atoms with Crippen molar-refractivity contribution in [3.8, 4) is 0 Å². The Morgan fingerprint density at radius 1 is 1.14 bits per heavy atom. The number of aliphatic hydroxyl groups is 1. The molecule has 1 aliphatic heterocycles. The number of hydrogen-bond donors (Lipinski definition) is 1. The van der Waals surface area contributed by atoms with Gasteiger partial charge >= 0.3 is 0 Å². The van der Waals surface area contributed by atoms with Crippen molar-refractivity contribution in [3.05, 3.63) is 64.2 Å². The Bertz CT molecular complexity index is 721. The maximum Gasteiger partial charge on any atom is 0.231 e. The SMILES string of the molecule is Cc1ccc(C(O)c2ccc3c(c2)CC(=O)N3C)c(C)c1. The van der Waals surface area contributed by atoms with E-state index in [4.69, 9.17) is 0 Å². The summed E-state index contributed by atoms with van der Waals surface area (Å²) in [5.74, 6) is 0.100. The molecule has 0 spiro atoms. The number of rotatable bonds is 2. The van der Waals surface area contributed by atoms with Gasteiger partial charge < -0.3 is 10.0 Å². The molecular weight excluding hydrogens is 262 g/mol. The summed E-state index contributed by atoms with van der Waals surface area (Å²) in [5.41, 5.74) is 5.95. The Labute approximate surface area is 124 Å². The van der Waals surface area contributed by atoms with Crippen LogP contribution in [-0.2, 0) is 11.2 Å². The molecule has 3 rings (SSSR count). The first-order valence-electron chi connectivity index (χ1n) is 7.12. The summed E-state index contributed by atoms with van der Waals surface area (Å²) in [6.45, 7) is 4.05. The van der Waals surface area contributed by atoms with Gasteiger partial charge in [0.2, 0.25) is 5.91 Å². The van der Waals surface area contributed by atoms with E-state index < -0.39 is 6.10 Å². The standard InChI is InChI=1S/C18H19NO2/c1-11-4-6-15(12(2)8-11)18(21)13-5-7-16-14(9-13)10-17(20)19(16)3/h4-9,18,21H,10H2,1-3H3. The number of carbonyl (C=O) groups is 1. The molecule has 0 saturated heterocycles. The number of anilines is 1. The minimum absolute atomic E-state index is 0.100. The molecule has 0 radical (unpaired) electrons. The Morgan fingerprint density at radius 3 is 2.62 bits per heavy atom. The summed E-state index contributed by atoms with van der Waals surface area (Å²) in [7, 11) is 1.79. The van der Waals surface area contributed by atoms with Crippen LogP contribution in [0.15, 0.2) is 36.4 Å². The molecule has 0 saturated carbocycles. The Morgan fingerprint density at radius 2 is 1.90 bits per heavy atom. The molecule has 0 aromatic heterocycles. The van der Waals surface area contributed by atoms with E-state index in [2.05, 4.69) is 6.07 Å². The highest BCUT2D eigenvalue weighted by atomic mass is 16.3. The van der Waals surface area contributed by atoms with Gasteiger partial charge in [0.15, 0.2) is 0 Å². The van der Waals surface area contributed by atoms with Crippen LogP contribution in [-0.4, -0.2) is 18.1 Å². The van der Waals surface area contributed by atoms with E-state index in [9.17, 15) is 9.90 Å². The normalized spacial score (nSPS) is 15.2. The molecule has 3 heteroatoms. The zero-order chi connectivity index (χ0) is 15.1. The highest BCUT2D eigenvalue weighted by Crippen LogP contribution is 2.32. The van der Waals surface area contributed by atoms with Crippen LogP contribution < -0.4 is 4.90 Å². The average molecular weight is 281 g/mol. The number of likely N-dealkylation sites (N-methyl/N-ethyl adjacent to an activating group) is 1. The van der Waals surface area contributed by atoms with Gasteiger partial charge in [-0.1, -0.05) is 35.9 Å². The third-order valence-corrected chi connectivity index (χ3v) is 4.22. The van der Waals surface area contributed by atoms with Gasteiger partial charge in [-0.15, -0.1) is 0 Å². The predicted molar refractivity (Wildman–Crippen MR) is 83.5 cm³/mol. The van der Waals surface area contributed by atoms with Crippen molar-refractivity contribution in [3.63, 3.8) is 0 Å². The number of aliphatic hydroxyl groups excluding tert-OH is 1. The van der Waals surface area contributed by atoms with Crippen molar-refractivity contribution in [2.24, 2.45) is 0 Å². The first-order chi connectivity index (χ1) is 9.97. The fraction of sp³-hybridized carbons (Fsp3) is 0.278. The van der Waals surface area contributed by atoms with E-state index in [0.29, 0.717) is 6.42 Å². The van der Waals surface area contributed by atoms with Gasteiger partial charge in [0, 0.05) is 12.7 Å². The molecule has 2 aromatic rings. The topological polar surface area (TPSA) is 40.5 Å². The number of nitrogens with zero attached hydrogens (tertiary/aromatic N) is 1. The van der Waals surface area contributed by atoms with Crippen LogP contribution in [0.25, 0.3) is 0 Å². The number of amides is 1. The molecule has 21 heavy (non-hydrogen) atoms. The Kier molecular flexibility index (Phi) is 3.30. The zero-order valence-electron chi connectivity index (χ0n) is 12.6. The van der Waals surface area contributed by atoms with Gasteiger partial charge in [0.25, 0.3) is 0 Å². The van der Waals surface area contributed by atoms with Crippen LogP contribution in [0.4, 0.5) is 5.69 Å². The first kappa shape index (κ1) is 13.8. The molecule has 1 aliphatic rings. The lowest BCUT2D eigenvalue weighted by molar-refractivity contribution is -0.117. The van der Waals surface area contributed by atoms with Crippen molar-refractivity contribution < 1.29 is 9.90 Å². The van der Waals surface area contributed by atoms with Crippen molar-refractivity contribution >= 4 is 11.6 Å². The van der Waals surface area contributed by atoms with Gasteiger partial charge in [-0.05, 0) is 42.2 Å². The van der Waals surface area contributed by atoms with Gasteiger partial charge in [-0.3, -0.25) is 4.79 Å². The quantitative estimate of drug-likeness (QED) is 0.919. The maximum absolute atomic E-state index is 11.7. The van der Waals surface area contributed by atoms with E-state index in [0.717, 1.165) is 27.9 Å². The monoisotopic (exact) mass is 281 g/mol. The molecule has 0 fully saturated rings. The van der Waals surface area contributed by atoms with Crippen LogP contribution >= 0.6 is 0 Å². The highest BCUT2D eigenvalue weighted by Gasteiger charge is 2.25. The lowest BCUT2D eigenvalue weighted by Gasteiger charge is -2.16. The minimum Gasteiger partial charge on any atom is -0.384 e. The third kappa shape index (κ3) is 2.34. The second-order valence-corrected chi connectivity index (χ2v) is 5.78. The average Bonchev–Trinajstić information content (AvgIpc) is 2.73. The smallest absolute Gasteiger partial charge is 0.231 e. The summed E-state index contributed by atoms with van der Waals surface area (Å²) in [6, 6.07) is 11.8. The number of aryl methyl sites for hydroxylation is 2. The van der Waals surface area contributed by atoms with Crippen molar-refractivity contribution in [2.45, 2.75) is 26.4 Å². The van der Waals surface area contributed by atoms with Gasteiger partial charge in [-0.25, -0.2) is 0 Å². The Balaban J connectivity index is 1.98. The zero-order valence-corrected chi connectivity index (χ0v) is 12.6. The summed E-state index contributed by atoms with van der Waals surface area (Å²) < 4.78 is 0. The minimum atomic E-state index is -0.656. The van der Waals surface area contributed by atoms with Crippen LogP contribution in [0.1, 0.15) is 33.9 Å². The number of hydrogen-bond acceptors (Lipinski definition) is 2. The summed E-state index contributed by atoms with van der Waals surface area (Å²) >= 11 is 0. The highest BCUT2D eigenvalue weighted by molar-refractivity contribution is 6.00. The van der Waals surface area contributed by atoms with Crippen LogP contribution in [0.3, 0.4) is 0 Å². The van der Waals surface area contributed by atoms with E-state index in [1.165, 1.54) is 5.56 Å². The second-order valence-electron chi connectivity index (χ2n) is 5.78. The molecule has 0 aliphatic carbocycles. The fourth-order valence-electron chi connectivity index (χ4n) is 2.97. The lowest BCUT2D eigenvalue weighted by atomic mass is 9.94. The molecule has 108 valence electrons. The molecular formula is C18H19NO2. The fourth-order valence-corrected chi connectivity index (χ4v) is 2.97. The number of carbonyl (C=O) groups excluding carboxylic acids is 1. The van der Waals surface area contributed by atoms with E-state index >= 15 is 0 Å². The van der Waals surface area contributed by atoms with Gasteiger partial charge in [-0.2, -0.15) is 0 Å². The van der Waals surface area contributed by atoms with Crippen LogP contribution in [0, 0.1) is 13.8 Å². The summed E-state index contributed by atoms with van der Waals surface area (Å²) in [4.78, 5) is 13.4. The Hall–Kier alpha value is -2.13. The lowest BCUT2D eigenvalue weighted by Crippen LogP contribution is -2.20. The molecule has 0 bridgehead atoms. The van der Waals surface area contributed by atoms with Gasteiger partial charge in [0.05, 0.1) is 6.42 Å².